The van der Waals surface area contributed by atoms with Crippen LogP contribution < -0.4 is 0 Å². The van der Waals surface area contributed by atoms with Gasteiger partial charge in [-0.2, -0.15) is 0 Å². The lowest BCUT2D eigenvalue weighted by Crippen LogP contribution is -2.23. The molecule has 2 atom stereocenters. The van der Waals surface area contributed by atoms with Crippen LogP contribution in [0.1, 0.15) is 20.3 Å². The van der Waals surface area contributed by atoms with Crippen molar-refractivity contribution in [1.82, 2.24) is 0 Å². The zero-order valence-electron chi connectivity index (χ0n) is 9.31. The summed E-state index contributed by atoms with van der Waals surface area (Å²) in [6.07, 6.45) is 0.842. The Labute approximate surface area is 105 Å². The second kappa shape index (κ2) is 6.16. The van der Waals surface area contributed by atoms with Crippen LogP contribution >= 0.6 is 23.4 Å². The van der Waals surface area contributed by atoms with Gasteiger partial charge < -0.3 is 5.11 Å². The van der Waals surface area contributed by atoms with Gasteiger partial charge in [0.05, 0.1) is 5.02 Å². The summed E-state index contributed by atoms with van der Waals surface area (Å²) >= 11 is 7.33. The highest BCUT2D eigenvalue weighted by molar-refractivity contribution is 8.00. The van der Waals surface area contributed by atoms with Gasteiger partial charge in [0, 0.05) is 4.90 Å². The largest absolute Gasteiger partial charge is 0.480 e. The second-order valence-corrected chi connectivity index (χ2v) is 5.28. The van der Waals surface area contributed by atoms with Crippen LogP contribution in [0.25, 0.3) is 0 Å². The zero-order valence-corrected chi connectivity index (χ0v) is 10.9. The summed E-state index contributed by atoms with van der Waals surface area (Å²) in [7, 11) is 0. The lowest BCUT2D eigenvalue weighted by atomic mass is 10.1. The van der Waals surface area contributed by atoms with Gasteiger partial charge >= 0.3 is 5.97 Å². The molecule has 1 aromatic rings. The van der Waals surface area contributed by atoms with Gasteiger partial charge in [-0.25, -0.2) is 0 Å². The molecule has 0 heterocycles. The van der Waals surface area contributed by atoms with Crippen LogP contribution in [0.15, 0.2) is 29.2 Å². The summed E-state index contributed by atoms with van der Waals surface area (Å²) in [4.78, 5) is 12.0. The Morgan fingerprint density at radius 1 is 1.50 bits per heavy atom. The Morgan fingerprint density at radius 3 is 2.62 bits per heavy atom. The molecule has 0 amide bonds. The molecule has 4 heteroatoms. The molecule has 2 unspecified atom stereocenters. The fourth-order valence-electron chi connectivity index (χ4n) is 1.30. The first-order valence-electron chi connectivity index (χ1n) is 5.20. The van der Waals surface area contributed by atoms with E-state index in [1.807, 2.05) is 32.0 Å². The summed E-state index contributed by atoms with van der Waals surface area (Å²) in [6.45, 7) is 3.94. The number of carboxylic acid groups (broad SMARTS) is 1. The highest BCUT2D eigenvalue weighted by Crippen LogP contribution is 2.34. The van der Waals surface area contributed by atoms with E-state index in [1.54, 1.807) is 6.07 Å². The number of hydrogen-bond acceptors (Lipinski definition) is 2. The Hall–Kier alpha value is -0.670. The first-order chi connectivity index (χ1) is 7.56. The standard InChI is InChI=1S/C12H15ClO2S/c1-3-8(2)11(12(14)15)16-10-7-5-4-6-9(10)13/h4-8,11H,3H2,1-2H3,(H,14,15). The van der Waals surface area contributed by atoms with Crippen molar-refractivity contribution in [2.45, 2.75) is 30.4 Å². The maximum atomic E-state index is 11.2. The minimum absolute atomic E-state index is 0.124. The van der Waals surface area contributed by atoms with E-state index in [0.717, 1.165) is 11.3 Å². The van der Waals surface area contributed by atoms with Gasteiger partial charge in [0.2, 0.25) is 0 Å². The van der Waals surface area contributed by atoms with Crippen LogP contribution in [0.4, 0.5) is 0 Å². The molecule has 0 saturated carbocycles. The highest BCUT2D eigenvalue weighted by Gasteiger charge is 2.25. The van der Waals surface area contributed by atoms with E-state index in [9.17, 15) is 4.79 Å². The van der Waals surface area contributed by atoms with Crippen LogP contribution in [0.5, 0.6) is 0 Å². The molecule has 0 aromatic heterocycles. The van der Waals surface area contributed by atoms with Crippen molar-refractivity contribution in [3.63, 3.8) is 0 Å². The van der Waals surface area contributed by atoms with E-state index in [2.05, 4.69) is 0 Å². The molecule has 16 heavy (non-hydrogen) atoms. The number of aliphatic carboxylic acids is 1. The Morgan fingerprint density at radius 2 is 2.12 bits per heavy atom. The van der Waals surface area contributed by atoms with Crippen molar-refractivity contribution in [3.8, 4) is 0 Å². The van der Waals surface area contributed by atoms with Crippen molar-refractivity contribution in [2.75, 3.05) is 0 Å². The average molecular weight is 259 g/mol. The smallest absolute Gasteiger partial charge is 0.317 e. The molecule has 1 aromatic carbocycles. The van der Waals surface area contributed by atoms with E-state index >= 15 is 0 Å². The average Bonchev–Trinajstić information content (AvgIpc) is 2.26. The Balaban J connectivity index is 2.84. The van der Waals surface area contributed by atoms with Gasteiger partial charge in [-0.1, -0.05) is 44.0 Å². The first kappa shape index (κ1) is 13.4. The van der Waals surface area contributed by atoms with E-state index in [1.165, 1.54) is 11.8 Å². The molecule has 0 saturated heterocycles. The summed E-state index contributed by atoms with van der Waals surface area (Å²) in [5, 5.41) is 9.34. The number of halogens is 1. The minimum atomic E-state index is -0.778. The quantitative estimate of drug-likeness (QED) is 0.813. The van der Waals surface area contributed by atoms with Gasteiger partial charge in [-0.3, -0.25) is 4.79 Å². The van der Waals surface area contributed by atoms with E-state index in [0.29, 0.717) is 5.02 Å². The van der Waals surface area contributed by atoms with Crippen LogP contribution in [-0.4, -0.2) is 16.3 Å². The van der Waals surface area contributed by atoms with Crippen molar-refractivity contribution >= 4 is 29.3 Å². The molecule has 0 aliphatic heterocycles. The number of carbonyl (C=O) groups is 1. The maximum absolute atomic E-state index is 11.2. The van der Waals surface area contributed by atoms with E-state index < -0.39 is 11.2 Å². The van der Waals surface area contributed by atoms with Crippen molar-refractivity contribution < 1.29 is 9.90 Å². The topological polar surface area (TPSA) is 37.3 Å². The number of carboxylic acids is 1. The van der Waals surface area contributed by atoms with Crippen LogP contribution in [-0.2, 0) is 4.79 Å². The van der Waals surface area contributed by atoms with Crippen molar-refractivity contribution in [1.29, 1.82) is 0 Å². The Kier molecular flexibility index (Phi) is 5.16. The zero-order chi connectivity index (χ0) is 12.1. The fourth-order valence-corrected chi connectivity index (χ4v) is 2.71. The Bertz CT molecular complexity index is 368. The monoisotopic (exact) mass is 258 g/mol. The number of hydrogen-bond donors (Lipinski definition) is 1. The summed E-state index contributed by atoms with van der Waals surface area (Å²) < 4.78 is 0. The minimum Gasteiger partial charge on any atom is -0.480 e. The highest BCUT2D eigenvalue weighted by atomic mass is 35.5. The van der Waals surface area contributed by atoms with Crippen molar-refractivity contribution in [3.05, 3.63) is 29.3 Å². The molecular formula is C12H15ClO2S. The number of thioether (sulfide) groups is 1. The molecule has 1 rings (SSSR count). The molecule has 88 valence electrons. The molecule has 0 aliphatic rings. The molecule has 2 nitrogen and oxygen atoms in total. The van der Waals surface area contributed by atoms with Gasteiger partial charge in [-0.05, 0) is 18.1 Å². The van der Waals surface area contributed by atoms with E-state index in [4.69, 9.17) is 16.7 Å². The first-order valence-corrected chi connectivity index (χ1v) is 6.46. The van der Waals surface area contributed by atoms with Gasteiger partial charge in [0.1, 0.15) is 5.25 Å². The molecule has 0 bridgehead atoms. The SMILES string of the molecule is CCC(C)C(Sc1ccccc1Cl)C(=O)O. The second-order valence-electron chi connectivity index (χ2n) is 3.69. The third-order valence-corrected chi connectivity index (χ3v) is 4.47. The molecule has 0 radical (unpaired) electrons. The normalized spacial score (nSPS) is 14.4. The van der Waals surface area contributed by atoms with Crippen LogP contribution in [0.2, 0.25) is 5.02 Å². The fraction of sp³-hybridized carbons (Fsp3) is 0.417. The molecule has 0 spiro atoms. The summed E-state index contributed by atoms with van der Waals surface area (Å²) in [5.74, 6) is -0.655. The maximum Gasteiger partial charge on any atom is 0.317 e. The molecular weight excluding hydrogens is 244 g/mol. The third kappa shape index (κ3) is 3.42. The van der Waals surface area contributed by atoms with Crippen LogP contribution in [0.3, 0.4) is 0 Å². The van der Waals surface area contributed by atoms with Gasteiger partial charge in [-0.15, -0.1) is 11.8 Å². The summed E-state index contributed by atoms with van der Waals surface area (Å²) in [5.41, 5.74) is 0. The van der Waals surface area contributed by atoms with Gasteiger partial charge in [0.15, 0.2) is 0 Å². The molecule has 1 N–H and O–H groups in total. The lowest BCUT2D eigenvalue weighted by Gasteiger charge is -2.18. The number of rotatable bonds is 5. The van der Waals surface area contributed by atoms with E-state index in [-0.39, 0.29) is 5.92 Å². The molecule has 0 aliphatic carbocycles. The lowest BCUT2D eigenvalue weighted by molar-refractivity contribution is -0.137. The van der Waals surface area contributed by atoms with Crippen LogP contribution in [0, 0.1) is 5.92 Å². The molecule has 0 fully saturated rings. The third-order valence-electron chi connectivity index (χ3n) is 2.49. The predicted octanol–water partition coefficient (Wildman–Crippen LogP) is 3.93. The number of benzene rings is 1. The predicted molar refractivity (Wildman–Crippen MR) is 68.2 cm³/mol. The summed E-state index contributed by atoms with van der Waals surface area (Å²) in [6, 6.07) is 7.33. The van der Waals surface area contributed by atoms with Crippen molar-refractivity contribution in [2.24, 2.45) is 5.92 Å². The van der Waals surface area contributed by atoms with Gasteiger partial charge in [0.25, 0.3) is 0 Å².